The Labute approximate surface area is 121 Å². The molecule has 1 aliphatic rings. The van der Waals surface area contributed by atoms with E-state index in [0.717, 1.165) is 18.5 Å². The number of rotatable bonds is 7. The molecule has 1 aliphatic heterocycles. The van der Waals surface area contributed by atoms with Gasteiger partial charge in [-0.05, 0) is 24.9 Å². The predicted octanol–water partition coefficient (Wildman–Crippen LogP) is 1.80. The first kappa shape index (κ1) is 15.0. The highest BCUT2D eigenvalue weighted by Gasteiger charge is 2.21. The first-order chi connectivity index (χ1) is 9.79. The van der Waals surface area contributed by atoms with E-state index in [-0.39, 0.29) is 5.91 Å². The quantitative estimate of drug-likeness (QED) is 0.826. The second-order valence-corrected chi connectivity index (χ2v) is 5.29. The van der Waals surface area contributed by atoms with Crippen molar-refractivity contribution in [2.75, 3.05) is 26.8 Å². The van der Waals surface area contributed by atoms with E-state index < -0.39 is 0 Å². The van der Waals surface area contributed by atoms with Crippen LogP contribution in [-0.2, 0) is 16.1 Å². The standard InChI is InChI=1S/C16H24N2O2/c1-20-11-10-18(13-14-6-3-2-4-7-14)16(19)12-15-8-5-9-17-15/h2-4,6-7,15,17H,5,8-13H2,1H3. The Morgan fingerprint density at radius 1 is 1.40 bits per heavy atom. The van der Waals surface area contributed by atoms with E-state index in [4.69, 9.17) is 4.74 Å². The maximum atomic E-state index is 12.4. The van der Waals surface area contributed by atoms with Gasteiger partial charge >= 0.3 is 0 Å². The molecule has 1 saturated heterocycles. The Balaban J connectivity index is 1.92. The first-order valence-electron chi connectivity index (χ1n) is 7.33. The molecule has 0 bridgehead atoms. The number of ether oxygens (including phenoxy) is 1. The number of methoxy groups -OCH3 is 1. The van der Waals surface area contributed by atoms with Crippen LogP contribution in [0.15, 0.2) is 30.3 Å². The molecule has 1 fully saturated rings. The van der Waals surface area contributed by atoms with Gasteiger partial charge in [0.25, 0.3) is 0 Å². The zero-order valence-electron chi connectivity index (χ0n) is 12.2. The van der Waals surface area contributed by atoms with E-state index in [1.165, 1.54) is 6.42 Å². The molecule has 1 atom stereocenters. The molecule has 1 heterocycles. The highest BCUT2D eigenvalue weighted by atomic mass is 16.5. The summed E-state index contributed by atoms with van der Waals surface area (Å²) >= 11 is 0. The van der Waals surface area contributed by atoms with Crippen molar-refractivity contribution in [3.8, 4) is 0 Å². The van der Waals surface area contributed by atoms with Gasteiger partial charge in [-0.2, -0.15) is 0 Å². The summed E-state index contributed by atoms with van der Waals surface area (Å²) in [7, 11) is 1.67. The number of amides is 1. The Morgan fingerprint density at radius 2 is 2.20 bits per heavy atom. The summed E-state index contributed by atoms with van der Waals surface area (Å²) in [5.41, 5.74) is 1.16. The third kappa shape index (κ3) is 4.62. The molecule has 20 heavy (non-hydrogen) atoms. The number of hydrogen-bond donors (Lipinski definition) is 1. The van der Waals surface area contributed by atoms with Crippen molar-refractivity contribution < 1.29 is 9.53 Å². The number of carbonyl (C=O) groups is 1. The van der Waals surface area contributed by atoms with Crippen molar-refractivity contribution in [1.82, 2.24) is 10.2 Å². The first-order valence-corrected chi connectivity index (χ1v) is 7.33. The zero-order chi connectivity index (χ0) is 14.2. The van der Waals surface area contributed by atoms with Crippen LogP contribution >= 0.6 is 0 Å². The molecule has 110 valence electrons. The highest BCUT2D eigenvalue weighted by molar-refractivity contribution is 5.76. The van der Waals surface area contributed by atoms with Crippen molar-refractivity contribution in [2.45, 2.75) is 31.8 Å². The Morgan fingerprint density at radius 3 is 2.85 bits per heavy atom. The fraction of sp³-hybridized carbons (Fsp3) is 0.562. The van der Waals surface area contributed by atoms with Crippen molar-refractivity contribution in [3.05, 3.63) is 35.9 Å². The molecule has 1 unspecified atom stereocenters. The molecule has 4 nitrogen and oxygen atoms in total. The third-order valence-corrected chi connectivity index (χ3v) is 3.72. The van der Waals surface area contributed by atoms with E-state index in [2.05, 4.69) is 17.4 Å². The summed E-state index contributed by atoms with van der Waals surface area (Å²) in [6.45, 7) is 2.93. The SMILES string of the molecule is COCCN(Cc1ccccc1)C(=O)CC1CCCN1. The van der Waals surface area contributed by atoms with E-state index in [1.54, 1.807) is 7.11 Å². The van der Waals surface area contributed by atoms with Crippen molar-refractivity contribution in [3.63, 3.8) is 0 Å². The van der Waals surface area contributed by atoms with Crippen LogP contribution in [0.1, 0.15) is 24.8 Å². The lowest BCUT2D eigenvalue weighted by Gasteiger charge is -2.24. The molecule has 0 aliphatic carbocycles. The minimum atomic E-state index is 0.213. The van der Waals surface area contributed by atoms with Crippen LogP contribution in [0.4, 0.5) is 0 Å². The fourth-order valence-corrected chi connectivity index (χ4v) is 2.57. The predicted molar refractivity (Wildman–Crippen MR) is 79.4 cm³/mol. The Hall–Kier alpha value is -1.39. The molecule has 0 spiro atoms. The Bertz CT molecular complexity index is 402. The van der Waals surface area contributed by atoms with Gasteiger partial charge in [-0.25, -0.2) is 0 Å². The average Bonchev–Trinajstić information content (AvgIpc) is 2.97. The van der Waals surface area contributed by atoms with Crippen LogP contribution in [0.2, 0.25) is 0 Å². The van der Waals surface area contributed by atoms with E-state index in [0.29, 0.717) is 32.2 Å². The van der Waals surface area contributed by atoms with Gasteiger partial charge in [0.2, 0.25) is 5.91 Å². The van der Waals surface area contributed by atoms with Crippen molar-refractivity contribution in [1.29, 1.82) is 0 Å². The lowest BCUT2D eigenvalue weighted by Crippen LogP contribution is -2.37. The number of carbonyl (C=O) groups excluding carboxylic acids is 1. The molecule has 0 radical (unpaired) electrons. The van der Waals surface area contributed by atoms with Gasteiger partial charge in [0, 0.05) is 32.7 Å². The second kappa shape index (κ2) is 8.02. The van der Waals surface area contributed by atoms with Gasteiger partial charge in [-0.3, -0.25) is 4.79 Å². The third-order valence-electron chi connectivity index (χ3n) is 3.72. The molecule has 1 N–H and O–H groups in total. The van der Waals surface area contributed by atoms with E-state index >= 15 is 0 Å². The number of nitrogens with zero attached hydrogens (tertiary/aromatic N) is 1. The zero-order valence-corrected chi connectivity index (χ0v) is 12.2. The van der Waals surface area contributed by atoms with Gasteiger partial charge in [0.05, 0.1) is 6.61 Å². The summed E-state index contributed by atoms with van der Waals surface area (Å²) in [6, 6.07) is 10.5. The van der Waals surface area contributed by atoms with E-state index in [1.807, 2.05) is 23.1 Å². The molecule has 1 aromatic carbocycles. The average molecular weight is 276 g/mol. The van der Waals surface area contributed by atoms with Crippen molar-refractivity contribution >= 4 is 5.91 Å². The molecule has 0 aromatic heterocycles. The van der Waals surface area contributed by atoms with E-state index in [9.17, 15) is 4.79 Å². The van der Waals surface area contributed by atoms with Gasteiger partial charge in [-0.1, -0.05) is 30.3 Å². The summed E-state index contributed by atoms with van der Waals surface area (Å²) in [4.78, 5) is 14.3. The molecule has 4 heteroatoms. The molecular weight excluding hydrogens is 252 g/mol. The van der Waals surface area contributed by atoms with Gasteiger partial charge in [0.1, 0.15) is 0 Å². The highest BCUT2D eigenvalue weighted by Crippen LogP contribution is 2.12. The van der Waals surface area contributed by atoms with Crippen LogP contribution in [-0.4, -0.2) is 43.7 Å². The smallest absolute Gasteiger partial charge is 0.224 e. The van der Waals surface area contributed by atoms with Crippen molar-refractivity contribution in [2.24, 2.45) is 0 Å². The molecule has 1 amide bonds. The number of hydrogen-bond acceptors (Lipinski definition) is 3. The van der Waals surface area contributed by atoms with Gasteiger partial charge < -0.3 is 15.0 Å². The van der Waals surface area contributed by atoms with Crippen LogP contribution in [0.5, 0.6) is 0 Å². The largest absolute Gasteiger partial charge is 0.383 e. The Kier molecular flexibility index (Phi) is 6.02. The van der Waals surface area contributed by atoms with Gasteiger partial charge in [-0.15, -0.1) is 0 Å². The molecule has 1 aromatic rings. The lowest BCUT2D eigenvalue weighted by atomic mass is 10.1. The molecular formula is C16H24N2O2. The summed E-state index contributed by atoms with van der Waals surface area (Å²) < 4.78 is 5.12. The topological polar surface area (TPSA) is 41.6 Å². The number of benzene rings is 1. The number of nitrogens with one attached hydrogen (secondary N) is 1. The summed E-state index contributed by atoms with van der Waals surface area (Å²) in [5, 5.41) is 3.38. The van der Waals surface area contributed by atoms with Crippen LogP contribution < -0.4 is 5.32 Å². The maximum Gasteiger partial charge on any atom is 0.224 e. The van der Waals surface area contributed by atoms with Crippen LogP contribution in [0.25, 0.3) is 0 Å². The fourth-order valence-electron chi connectivity index (χ4n) is 2.57. The maximum absolute atomic E-state index is 12.4. The second-order valence-electron chi connectivity index (χ2n) is 5.29. The lowest BCUT2D eigenvalue weighted by molar-refractivity contribution is -0.133. The minimum Gasteiger partial charge on any atom is -0.383 e. The monoisotopic (exact) mass is 276 g/mol. The van der Waals surface area contributed by atoms with Crippen LogP contribution in [0, 0.1) is 0 Å². The summed E-state index contributed by atoms with van der Waals surface area (Å²) in [5.74, 6) is 0.213. The molecule has 0 saturated carbocycles. The normalized spacial score (nSPS) is 18.1. The van der Waals surface area contributed by atoms with Gasteiger partial charge in [0.15, 0.2) is 0 Å². The molecule has 2 rings (SSSR count). The minimum absolute atomic E-state index is 0.213. The summed E-state index contributed by atoms with van der Waals surface area (Å²) in [6.07, 6.45) is 2.88. The van der Waals surface area contributed by atoms with Crippen LogP contribution in [0.3, 0.4) is 0 Å².